The quantitative estimate of drug-likeness (QED) is 0.869. The van der Waals surface area contributed by atoms with Crippen molar-refractivity contribution in [2.75, 3.05) is 0 Å². The lowest BCUT2D eigenvalue weighted by atomic mass is 10.3. The van der Waals surface area contributed by atoms with Gasteiger partial charge in [-0.2, -0.15) is 10.2 Å². The first-order valence-corrected chi connectivity index (χ1v) is 5.72. The molecule has 0 amide bonds. The Bertz CT molecular complexity index is 447. The van der Waals surface area contributed by atoms with Crippen LogP contribution in [0.15, 0.2) is 41.1 Å². The first kappa shape index (κ1) is 11.2. The van der Waals surface area contributed by atoms with Gasteiger partial charge in [-0.15, -0.1) is 0 Å². The molecule has 4 nitrogen and oxygen atoms in total. The Morgan fingerprint density at radius 1 is 1.06 bits per heavy atom. The molecule has 0 fully saturated rings. The van der Waals surface area contributed by atoms with Crippen LogP contribution in [0.4, 0.5) is 0 Å². The fraction of sp³-hybridized carbons (Fsp3) is 0.182. The van der Waals surface area contributed by atoms with Gasteiger partial charge in [-0.25, -0.2) is 4.98 Å². The Hall–Kier alpha value is -1.33. The molecule has 0 aliphatic carbocycles. The highest BCUT2D eigenvalue weighted by Gasteiger charge is 1.96. The molecule has 0 radical (unpaired) electrons. The molecular formula is C11H11BrN4. The van der Waals surface area contributed by atoms with Crippen molar-refractivity contribution in [2.45, 2.75) is 13.1 Å². The lowest BCUT2D eigenvalue weighted by Gasteiger charge is -2.03. The molecule has 0 bridgehead atoms. The van der Waals surface area contributed by atoms with Gasteiger partial charge in [0.2, 0.25) is 0 Å². The maximum absolute atomic E-state index is 4.32. The van der Waals surface area contributed by atoms with Crippen molar-refractivity contribution in [3.63, 3.8) is 0 Å². The highest BCUT2D eigenvalue weighted by molar-refractivity contribution is 9.10. The summed E-state index contributed by atoms with van der Waals surface area (Å²) in [5.74, 6) is 0. The molecule has 0 unspecified atom stereocenters. The van der Waals surface area contributed by atoms with Gasteiger partial charge >= 0.3 is 0 Å². The van der Waals surface area contributed by atoms with Crippen LogP contribution < -0.4 is 5.32 Å². The molecule has 2 rings (SSSR count). The highest BCUT2D eigenvalue weighted by atomic mass is 79.9. The molecule has 5 heteroatoms. The van der Waals surface area contributed by atoms with Gasteiger partial charge in [-0.3, -0.25) is 0 Å². The van der Waals surface area contributed by atoms with Crippen LogP contribution in [-0.4, -0.2) is 15.2 Å². The molecule has 0 atom stereocenters. The highest BCUT2D eigenvalue weighted by Crippen LogP contribution is 2.05. The Morgan fingerprint density at radius 2 is 1.88 bits per heavy atom. The lowest BCUT2D eigenvalue weighted by Crippen LogP contribution is -2.14. The van der Waals surface area contributed by atoms with Crippen molar-refractivity contribution < 1.29 is 0 Å². The van der Waals surface area contributed by atoms with Crippen molar-refractivity contribution >= 4 is 15.9 Å². The first-order chi connectivity index (χ1) is 7.84. The predicted octanol–water partition coefficient (Wildman–Crippen LogP) is 1.92. The van der Waals surface area contributed by atoms with Crippen LogP contribution in [0.2, 0.25) is 0 Å². The van der Waals surface area contributed by atoms with Crippen LogP contribution in [0.3, 0.4) is 0 Å². The summed E-state index contributed by atoms with van der Waals surface area (Å²) in [4.78, 5) is 4.32. The number of nitrogens with one attached hydrogen (secondary N) is 1. The molecule has 0 aliphatic rings. The maximum Gasteiger partial charge on any atom is 0.106 e. The fourth-order valence-corrected chi connectivity index (χ4v) is 1.68. The van der Waals surface area contributed by atoms with Crippen molar-refractivity contribution in [1.82, 2.24) is 20.5 Å². The molecule has 1 N–H and O–H groups in total. The SMILES string of the molecule is Brc1cccc(CNCc2cccnn2)n1. The van der Waals surface area contributed by atoms with Crippen LogP contribution in [0.5, 0.6) is 0 Å². The van der Waals surface area contributed by atoms with E-state index in [9.17, 15) is 0 Å². The summed E-state index contributed by atoms with van der Waals surface area (Å²) in [6.45, 7) is 1.41. The molecule has 0 aliphatic heterocycles. The number of rotatable bonds is 4. The maximum atomic E-state index is 4.32. The number of halogens is 1. The van der Waals surface area contributed by atoms with Gasteiger partial charge in [-0.05, 0) is 40.2 Å². The molecule has 0 spiro atoms. The zero-order valence-electron chi connectivity index (χ0n) is 8.60. The van der Waals surface area contributed by atoms with Gasteiger partial charge in [0.1, 0.15) is 4.60 Å². The van der Waals surface area contributed by atoms with E-state index < -0.39 is 0 Å². The summed E-state index contributed by atoms with van der Waals surface area (Å²) in [6.07, 6.45) is 1.67. The minimum absolute atomic E-state index is 0.696. The molecule has 0 saturated carbocycles. The Labute approximate surface area is 102 Å². The summed E-state index contributed by atoms with van der Waals surface area (Å²) < 4.78 is 0.853. The summed E-state index contributed by atoms with van der Waals surface area (Å²) in [5, 5.41) is 11.1. The molecule has 2 aromatic heterocycles. The van der Waals surface area contributed by atoms with Gasteiger partial charge in [0.25, 0.3) is 0 Å². The minimum Gasteiger partial charge on any atom is -0.305 e. The van der Waals surface area contributed by atoms with Crippen LogP contribution in [0.25, 0.3) is 0 Å². The van der Waals surface area contributed by atoms with Gasteiger partial charge in [0.05, 0.1) is 11.4 Å². The Kier molecular flexibility index (Phi) is 3.96. The number of hydrogen-bond acceptors (Lipinski definition) is 4. The zero-order valence-corrected chi connectivity index (χ0v) is 10.2. The largest absolute Gasteiger partial charge is 0.305 e. The van der Waals surface area contributed by atoms with Crippen molar-refractivity contribution in [2.24, 2.45) is 0 Å². The van der Waals surface area contributed by atoms with E-state index in [2.05, 4.69) is 36.4 Å². The van der Waals surface area contributed by atoms with E-state index in [4.69, 9.17) is 0 Å². The smallest absolute Gasteiger partial charge is 0.106 e. The second-order valence-electron chi connectivity index (χ2n) is 3.27. The zero-order chi connectivity index (χ0) is 11.2. The topological polar surface area (TPSA) is 50.7 Å². The van der Waals surface area contributed by atoms with E-state index in [1.165, 1.54) is 0 Å². The normalized spacial score (nSPS) is 10.3. The number of hydrogen-bond donors (Lipinski definition) is 1. The van der Waals surface area contributed by atoms with E-state index in [1.807, 2.05) is 30.3 Å². The molecule has 82 valence electrons. The van der Waals surface area contributed by atoms with E-state index in [1.54, 1.807) is 6.20 Å². The average Bonchev–Trinajstić information content (AvgIpc) is 2.30. The monoisotopic (exact) mass is 278 g/mol. The van der Waals surface area contributed by atoms with Crippen LogP contribution >= 0.6 is 15.9 Å². The summed E-state index contributed by atoms with van der Waals surface area (Å²) >= 11 is 3.34. The molecule has 0 aromatic carbocycles. The predicted molar refractivity (Wildman–Crippen MR) is 64.5 cm³/mol. The van der Waals surface area contributed by atoms with Crippen LogP contribution in [0, 0.1) is 0 Å². The number of aromatic nitrogens is 3. The molecule has 0 saturated heterocycles. The number of nitrogens with zero attached hydrogens (tertiary/aromatic N) is 3. The van der Waals surface area contributed by atoms with Crippen molar-refractivity contribution in [1.29, 1.82) is 0 Å². The Morgan fingerprint density at radius 3 is 2.62 bits per heavy atom. The van der Waals surface area contributed by atoms with Crippen LogP contribution in [0.1, 0.15) is 11.4 Å². The summed E-state index contributed by atoms with van der Waals surface area (Å²) in [5.41, 5.74) is 1.93. The van der Waals surface area contributed by atoms with E-state index in [0.29, 0.717) is 6.54 Å². The van der Waals surface area contributed by atoms with Gasteiger partial charge in [-0.1, -0.05) is 6.07 Å². The third kappa shape index (κ3) is 3.36. The van der Waals surface area contributed by atoms with E-state index in [-0.39, 0.29) is 0 Å². The standard InChI is InChI=1S/C11H11BrN4/c12-11-5-1-3-9(15-11)7-13-8-10-4-2-6-14-16-10/h1-6,13H,7-8H2. The number of pyridine rings is 1. The van der Waals surface area contributed by atoms with Gasteiger partial charge in [0.15, 0.2) is 0 Å². The molecule has 16 heavy (non-hydrogen) atoms. The van der Waals surface area contributed by atoms with Crippen molar-refractivity contribution in [3.05, 3.63) is 52.5 Å². The molecule has 2 aromatic rings. The van der Waals surface area contributed by atoms with Gasteiger partial charge < -0.3 is 5.32 Å². The Balaban J connectivity index is 1.85. The summed E-state index contributed by atoms with van der Waals surface area (Å²) in [7, 11) is 0. The van der Waals surface area contributed by atoms with E-state index >= 15 is 0 Å². The van der Waals surface area contributed by atoms with Gasteiger partial charge in [0, 0.05) is 19.3 Å². The second kappa shape index (κ2) is 5.67. The van der Waals surface area contributed by atoms with Crippen LogP contribution in [-0.2, 0) is 13.1 Å². The first-order valence-electron chi connectivity index (χ1n) is 4.93. The van der Waals surface area contributed by atoms with Crippen molar-refractivity contribution in [3.8, 4) is 0 Å². The third-order valence-corrected chi connectivity index (χ3v) is 2.45. The fourth-order valence-electron chi connectivity index (χ4n) is 1.30. The summed E-state index contributed by atoms with van der Waals surface area (Å²) in [6, 6.07) is 9.67. The molecule has 2 heterocycles. The minimum atomic E-state index is 0.696. The third-order valence-electron chi connectivity index (χ3n) is 2.01. The molecular weight excluding hydrogens is 268 g/mol. The second-order valence-corrected chi connectivity index (χ2v) is 4.08. The lowest BCUT2D eigenvalue weighted by molar-refractivity contribution is 0.658. The van der Waals surface area contributed by atoms with E-state index in [0.717, 1.165) is 22.5 Å². The average molecular weight is 279 g/mol.